The van der Waals surface area contributed by atoms with Gasteiger partial charge in [0.15, 0.2) is 0 Å². The minimum Gasteiger partial charge on any atom is -0.509 e. The van der Waals surface area contributed by atoms with Gasteiger partial charge in [-0.25, -0.2) is 4.98 Å². The van der Waals surface area contributed by atoms with E-state index in [0.29, 0.717) is 17.4 Å². The van der Waals surface area contributed by atoms with Crippen molar-refractivity contribution in [2.45, 2.75) is 87.0 Å². The van der Waals surface area contributed by atoms with Gasteiger partial charge in [-0.05, 0) is 103 Å². The summed E-state index contributed by atoms with van der Waals surface area (Å²) in [7, 11) is 0. The van der Waals surface area contributed by atoms with Gasteiger partial charge in [0.1, 0.15) is 5.82 Å². The van der Waals surface area contributed by atoms with E-state index in [0.717, 1.165) is 56.7 Å². The maximum atomic E-state index is 6.67. The van der Waals surface area contributed by atoms with E-state index in [1.807, 2.05) is 16.9 Å². The van der Waals surface area contributed by atoms with Crippen LogP contribution in [0.15, 0.2) is 79.0 Å². The van der Waals surface area contributed by atoms with Crippen LogP contribution in [0.2, 0.25) is 0 Å². The van der Waals surface area contributed by atoms with Crippen LogP contribution >= 0.6 is 0 Å². The van der Waals surface area contributed by atoms with E-state index >= 15 is 0 Å². The summed E-state index contributed by atoms with van der Waals surface area (Å²) in [6, 6.07) is 32.9. The third kappa shape index (κ3) is 6.68. The van der Waals surface area contributed by atoms with Gasteiger partial charge in [-0.3, -0.25) is 4.68 Å². The van der Waals surface area contributed by atoms with Crippen LogP contribution in [0, 0.1) is 39.8 Å². The number of hydrogen-bond acceptors (Lipinski definition) is 3. The molecule has 0 radical (unpaired) electrons. The van der Waals surface area contributed by atoms with Crippen LogP contribution < -0.4 is 4.74 Å². The van der Waals surface area contributed by atoms with Crippen molar-refractivity contribution in [1.82, 2.24) is 19.3 Å². The molecule has 0 amide bonds. The Morgan fingerprint density at radius 1 is 0.804 bits per heavy atom. The fourth-order valence-electron chi connectivity index (χ4n) is 7.19. The molecule has 6 heteroatoms. The van der Waals surface area contributed by atoms with Crippen LogP contribution in [-0.2, 0) is 32.3 Å². The molecule has 0 atom stereocenters. The third-order valence-electron chi connectivity index (χ3n) is 9.91. The van der Waals surface area contributed by atoms with Crippen LogP contribution in [0.4, 0.5) is 0 Å². The number of fused-ring (bicyclic) bond motifs is 3. The number of para-hydroxylation sites is 1. The zero-order chi connectivity index (χ0) is 35.5. The van der Waals surface area contributed by atoms with Gasteiger partial charge in [-0.2, -0.15) is 11.2 Å². The van der Waals surface area contributed by atoms with E-state index < -0.39 is 0 Å². The minimum absolute atomic E-state index is 0. The van der Waals surface area contributed by atoms with Crippen LogP contribution in [0.25, 0.3) is 44.4 Å². The summed E-state index contributed by atoms with van der Waals surface area (Å²) < 4.78 is 10.9. The second-order valence-electron chi connectivity index (χ2n) is 14.9. The van der Waals surface area contributed by atoms with Gasteiger partial charge in [0.05, 0.1) is 5.69 Å². The number of aryl methyl sites for hydroxylation is 4. The Kier molecular flexibility index (Phi) is 9.90. The van der Waals surface area contributed by atoms with Crippen LogP contribution in [-0.4, -0.2) is 19.3 Å². The Morgan fingerprint density at radius 2 is 1.53 bits per heavy atom. The average molecular weight is 765 g/mol. The third-order valence-corrected chi connectivity index (χ3v) is 9.91. The molecule has 0 N–H and O–H groups in total. The Bertz CT molecular complexity index is 2380. The number of aromatic nitrogens is 4. The largest absolute Gasteiger partial charge is 2.00 e. The fraction of sp³-hybridized carbons (Fsp3) is 0.289. The zero-order valence-electron chi connectivity index (χ0n) is 31.3. The van der Waals surface area contributed by atoms with Crippen LogP contribution in [0.5, 0.6) is 11.5 Å². The summed E-state index contributed by atoms with van der Waals surface area (Å²) in [4.78, 5) is 4.78. The summed E-state index contributed by atoms with van der Waals surface area (Å²) in [6.07, 6.45) is 2.82. The first-order chi connectivity index (χ1) is 23.8. The molecule has 0 aliphatic heterocycles. The van der Waals surface area contributed by atoms with E-state index in [1.54, 1.807) is 0 Å². The smallest absolute Gasteiger partial charge is 0.509 e. The van der Waals surface area contributed by atoms with Gasteiger partial charge in [0.2, 0.25) is 0 Å². The topological polar surface area (TPSA) is 44.9 Å². The summed E-state index contributed by atoms with van der Waals surface area (Å²) in [6.45, 7) is 22.0. The number of nitrogens with zero attached hydrogens (tertiary/aromatic N) is 4. The van der Waals surface area contributed by atoms with E-state index in [9.17, 15) is 0 Å². The van der Waals surface area contributed by atoms with Crippen molar-refractivity contribution < 1.29 is 25.2 Å². The van der Waals surface area contributed by atoms with Crippen molar-refractivity contribution in [2.75, 3.05) is 0 Å². The Balaban J connectivity index is 0.00000448. The molecular formula is C45H46N4OPd. The zero-order valence-corrected chi connectivity index (χ0v) is 32.9. The Labute approximate surface area is 316 Å². The molecule has 0 aliphatic rings. The normalized spacial score (nSPS) is 11.8. The van der Waals surface area contributed by atoms with Crippen molar-refractivity contribution in [3.63, 3.8) is 0 Å². The number of pyridine rings is 1. The maximum absolute atomic E-state index is 6.67. The van der Waals surface area contributed by atoms with E-state index in [1.165, 1.54) is 33.4 Å². The van der Waals surface area contributed by atoms with Crippen molar-refractivity contribution >= 4 is 21.8 Å². The fourth-order valence-corrected chi connectivity index (χ4v) is 7.19. The first-order valence-corrected chi connectivity index (χ1v) is 17.7. The van der Waals surface area contributed by atoms with Crippen molar-refractivity contribution in [3.05, 3.63) is 130 Å². The molecule has 3 heterocycles. The molecular weight excluding hydrogens is 719 g/mol. The second kappa shape index (κ2) is 13.9. The van der Waals surface area contributed by atoms with Gasteiger partial charge in [-0.15, -0.1) is 41.3 Å². The molecule has 0 aliphatic carbocycles. The summed E-state index contributed by atoms with van der Waals surface area (Å²) in [5, 5.41) is 7.36. The number of ether oxygens (including phenoxy) is 1. The van der Waals surface area contributed by atoms with Gasteiger partial charge >= 0.3 is 20.4 Å². The maximum Gasteiger partial charge on any atom is 2.00 e. The van der Waals surface area contributed by atoms with E-state index in [2.05, 4.69) is 153 Å². The summed E-state index contributed by atoms with van der Waals surface area (Å²) >= 11 is 0. The average Bonchev–Trinajstić information content (AvgIpc) is 3.56. The molecule has 0 spiro atoms. The van der Waals surface area contributed by atoms with Gasteiger partial charge in [-0.1, -0.05) is 77.4 Å². The number of hydrogen-bond donors (Lipinski definition) is 0. The SMILES string of the molecule is CCc1ccnc(-n2c3[c-]c(Oc4[c-]c(-n5nc(C)c(-c6c(C)cc(C(C)C)cc6C)c5C)cc(C(C)(C)C)c4)ccc3c3ccccc32)c1.[Pd+2]. The van der Waals surface area contributed by atoms with Crippen LogP contribution in [0.1, 0.15) is 86.7 Å². The Hall–Kier alpha value is -4.50. The van der Waals surface area contributed by atoms with Crippen molar-refractivity contribution in [1.29, 1.82) is 0 Å². The molecule has 0 bridgehead atoms. The van der Waals surface area contributed by atoms with E-state index in [4.69, 9.17) is 14.8 Å². The number of rotatable bonds is 7. The standard InChI is InChI=1S/C45H46N4O.Pd/c1-11-32-18-19-46-42(22-32)48-40-15-13-12-14-38(40)39-17-16-36(26-41(39)48)50-37-24-34(45(8,9)10)23-35(25-37)49-31(7)44(30(6)47-49)43-28(4)20-33(27(2)3)21-29(43)5;/h12-24,27H,11H2,1-10H3;/q-2;+2. The first kappa shape index (κ1) is 36.3. The summed E-state index contributed by atoms with van der Waals surface area (Å²) in [5.74, 6) is 2.59. The molecule has 262 valence electrons. The molecule has 7 aromatic rings. The van der Waals surface area contributed by atoms with Gasteiger partial charge in [0.25, 0.3) is 0 Å². The predicted molar refractivity (Wildman–Crippen MR) is 206 cm³/mol. The molecule has 7 rings (SSSR count). The summed E-state index contributed by atoms with van der Waals surface area (Å²) in [5.41, 5.74) is 13.5. The van der Waals surface area contributed by atoms with Crippen LogP contribution in [0.3, 0.4) is 0 Å². The molecule has 0 saturated heterocycles. The number of benzene rings is 4. The molecule has 3 aromatic heterocycles. The van der Waals surface area contributed by atoms with Crippen molar-refractivity contribution in [3.8, 4) is 34.1 Å². The Morgan fingerprint density at radius 3 is 2.22 bits per heavy atom. The molecule has 0 unspecified atom stereocenters. The monoisotopic (exact) mass is 764 g/mol. The van der Waals surface area contributed by atoms with Gasteiger partial charge in [0, 0.05) is 34.5 Å². The van der Waals surface area contributed by atoms with Gasteiger partial charge < -0.3 is 9.30 Å². The molecule has 51 heavy (non-hydrogen) atoms. The minimum atomic E-state index is -0.128. The van der Waals surface area contributed by atoms with E-state index in [-0.39, 0.29) is 25.8 Å². The molecule has 5 nitrogen and oxygen atoms in total. The quantitative estimate of drug-likeness (QED) is 0.120. The molecule has 0 fully saturated rings. The first-order valence-electron chi connectivity index (χ1n) is 17.7. The predicted octanol–water partition coefficient (Wildman–Crippen LogP) is 11.6. The second-order valence-corrected chi connectivity index (χ2v) is 14.9. The molecule has 0 saturated carbocycles. The van der Waals surface area contributed by atoms with Crippen molar-refractivity contribution in [2.24, 2.45) is 0 Å². The molecule has 4 aromatic carbocycles.